The quantitative estimate of drug-likeness (QED) is 0.822. The number of rotatable bonds is 5. The fourth-order valence-electron chi connectivity index (χ4n) is 1.54. The number of carbonyl (C=O) groups is 1. The lowest BCUT2D eigenvalue weighted by Crippen LogP contribution is -2.30. The van der Waals surface area contributed by atoms with Crippen molar-refractivity contribution in [3.8, 4) is 5.75 Å². The largest absolute Gasteiger partial charge is 0.494 e. The first kappa shape index (κ1) is 11.8. The lowest BCUT2D eigenvalue weighted by molar-refractivity contribution is 0.251. The van der Waals surface area contributed by atoms with Crippen molar-refractivity contribution in [1.82, 2.24) is 5.32 Å². The molecule has 17 heavy (non-hydrogen) atoms. The maximum Gasteiger partial charge on any atom is 0.319 e. The predicted molar refractivity (Wildman–Crippen MR) is 67.4 cm³/mol. The van der Waals surface area contributed by atoms with Gasteiger partial charge in [0.1, 0.15) is 5.75 Å². The summed E-state index contributed by atoms with van der Waals surface area (Å²) in [6.07, 6.45) is 2.48. The zero-order valence-corrected chi connectivity index (χ0v) is 10.0. The van der Waals surface area contributed by atoms with Crippen molar-refractivity contribution in [1.29, 1.82) is 0 Å². The van der Waals surface area contributed by atoms with Crippen LogP contribution in [0, 0.1) is 5.92 Å². The van der Waals surface area contributed by atoms with Gasteiger partial charge in [-0.25, -0.2) is 4.79 Å². The van der Waals surface area contributed by atoms with Crippen molar-refractivity contribution in [2.24, 2.45) is 5.92 Å². The van der Waals surface area contributed by atoms with Crippen molar-refractivity contribution in [2.75, 3.05) is 18.5 Å². The Morgan fingerprint density at radius 2 is 2.06 bits per heavy atom. The number of hydrogen-bond acceptors (Lipinski definition) is 2. The summed E-state index contributed by atoms with van der Waals surface area (Å²) in [5, 5.41) is 5.64. The number of benzene rings is 1. The van der Waals surface area contributed by atoms with Gasteiger partial charge >= 0.3 is 6.03 Å². The van der Waals surface area contributed by atoms with E-state index in [0.29, 0.717) is 12.5 Å². The van der Waals surface area contributed by atoms with Crippen LogP contribution in [0.25, 0.3) is 0 Å². The number of carbonyl (C=O) groups excluding carboxylic acids is 1. The molecule has 4 heteroatoms. The number of amides is 2. The third-order valence-corrected chi connectivity index (χ3v) is 2.67. The molecule has 0 bridgehead atoms. The van der Waals surface area contributed by atoms with E-state index >= 15 is 0 Å². The molecule has 0 atom stereocenters. The molecule has 0 spiro atoms. The fraction of sp³-hybridized carbons (Fsp3) is 0.462. The van der Waals surface area contributed by atoms with Gasteiger partial charge in [-0.2, -0.15) is 0 Å². The van der Waals surface area contributed by atoms with E-state index in [4.69, 9.17) is 4.74 Å². The Morgan fingerprint density at radius 3 is 2.65 bits per heavy atom. The van der Waals surface area contributed by atoms with Crippen LogP contribution in [0.4, 0.5) is 10.5 Å². The second kappa shape index (κ2) is 5.57. The lowest BCUT2D eigenvalue weighted by Gasteiger charge is -2.08. The SMILES string of the molecule is CCOc1ccc(NC(=O)NCC2CC2)cc1. The average Bonchev–Trinajstić information content (AvgIpc) is 3.13. The molecule has 4 nitrogen and oxygen atoms in total. The van der Waals surface area contributed by atoms with E-state index in [0.717, 1.165) is 18.0 Å². The topological polar surface area (TPSA) is 50.4 Å². The average molecular weight is 234 g/mol. The molecule has 2 rings (SSSR count). The highest BCUT2D eigenvalue weighted by atomic mass is 16.5. The highest BCUT2D eigenvalue weighted by molar-refractivity contribution is 5.89. The molecule has 0 unspecified atom stereocenters. The molecule has 92 valence electrons. The predicted octanol–water partition coefficient (Wildman–Crippen LogP) is 2.62. The van der Waals surface area contributed by atoms with Gasteiger partial charge in [-0.3, -0.25) is 0 Å². The van der Waals surface area contributed by atoms with Crippen LogP contribution < -0.4 is 15.4 Å². The molecule has 1 aromatic carbocycles. The van der Waals surface area contributed by atoms with Gasteiger partial charge in [0, 0.05) is 12.2 Å². The Hall–Kier alpha value is -1.71. The fourth-order valence-corrected chi connectivity index (χ4v) is 1.54. The van der Waals surface area contributed by atoms with Crippen molar-refractivity contribution in [2.45, 2.75) is 19.8 Å². The van der Waals surface area contributed by atoms with Gasteiger partial charge in [-0.1, -0.05) is 0 Å². The molecule has 2 N–H and O–H groups in total. The summed E-state index contributed by atoms with van der Waals surface area (Å²) in [5.74, 6) is 1.51. The normalized spacial score (nSPS) is 14.2. The minimum Gasteiger partial charge on any atom is -0.494 e. The molecule has 0 radical (unpaired) electrons. The van der Waals surface area contributed by atoms with Crippen LogP contribution >= 0.6 is 0 Å². The Morgan fingerprint density at radius 1 is 1.35 bits per heavy atom. The van der Waals surface area contributed by atoms with E-state index in [-0.39, 0.29) is 6.03 Å². The molecular formula is C13H18N2O2. The molecule has 0 heterocycles. The number of urea groups is 1. The van der Waals surface area contributed by atoms with E-state index in [1.165, 1.54) is 12.8 Å². The highest BCUT2D eigenvalue weighted by Gasteiger charge is 2.21. The maximum absolute atomic E-state index is 11.5. The van der Waals surface area contributed by atoms with E-state index < -0.39 is 0 Å². The number of anilines is 1. The molecule has 1 aliphatic carbocycles. The molecule has 0 aliphatic heterocycles. The van der Waals surface area contributed by atoms with E-state index in [9.17, 15) is 4.79 Å². The zero-order chi connectivity index (χ0) is 12.1. The molecule has 1 saturated carbocycles. The third kappa shape index (κ3) is 3.98. The van der Waals surface area contributed by atoms with Crippen LogP contribution in [0.2, 0.25) is 0 Å². The summed E-state index contributed by atoms with van der Waals surface area (Å²) in [6.45, 7) is 3.37. The summed E-state index contributed by atoms with van der Waals surface area (Å²) < 4.78 is 5.32. The van der Waals surface area contributed by atoms with Gasteiger partial charge in [0.15, 0.2) is 0 Å². The van der Waals surface area contributed by atoms with Gasteiger partial charge in [0.2, 0.25) is 0 Å². The molecular weight excluding hydrogens is 216 g/mol. The zero-order valence-electron chi connectivity index (χ0n) is 10.0. The summed E-state index contributed by atoms with van der Waals surface area (Å²) in [6, 6.07) is 7.23. The van der Waals surface area contributed by atoms with Crippen molar-refractivity contribution in [3.05, 3.63) is 24.3 Å². The minimum atomic E-state index is -0.138. The molecule has 0 aromatic heterocycles. The molecule has 2 amide bonds. The van der Waals surface area contributed by atoms with Crippen molar-refractivity contribution >= 4 is 11.7 Å². The Bertz CT molecular complexity index is 372. The molecule has 0 saturated heterocycles. The van der Waals surface area contributed by atoms with Gasteiger partial charge in [-0.15, -0.1) is 0 Å². The van der Waals surface area contributed by atoms with Crippen LogP contribution in [0.15, 0.2) is 24.3 Å². The number of nitrogens with one attached hydrogen (secondary N) is 2. The number of hydrogen-bond donors (Lipinski definition) is 2. The first-order valence-corrected chi connectivity index (χ1v) is 6.05. The second-order valence-electron chi connectivity index (χ2n) is 4.24. The minimum absolute atomic E-state index is 0.138. The van der Waals surface area contributed by atoms with Crippen LogP contribution in [0.1, 0.15) is 19.8 Å². The molecule has 1 aliphatic rings. The summed E-state index contributed by atoms with van der Waals surface area (Å²) in [4.78, 5) is 11.5. The van der Waals surface area contributed by atoms with Crippen LogP contribution in [-0.4, -0.2) is 19.2 Å². The Balaban J connectivity index is 1.78. The molecule has 1 aromatic rings. The van der Waals surface area contributed by atoms with E-state index in [1.54, 1.807) is 0 Å². The third-order valence-electron chi connectivity index (χ3n) is 2.67. The monoisotopic (exact) mass is 234 g/mol. The smallest absolute Gasteiger partial charge is 0.319 e. The maximum atomic E-state index is 11.5. The van der Waals surface area contributed by atoms with Gasteiger partial charge in [0.25, 0.3) is 0 Å². The van der Waals surface area contributed by atoms with Gasteiger partial charge in [0.05, 0.1) is 6.61 Å². The Kier molecular flexibility index (Phi) is 3.85. The number of ether oxygens (including phenoxy) is 1. The molecule has 1 fully saturated rings. The van der Waals surface area contributed by atoms with Crippen LogP contribution in [0.5, 0.6) is 5.75 Å². The van der Waals surface area contributed by atoms with Crippen LogP contribution in [0.3, 0.4) is 0 Å². The van der Waals surface area contributed by atoms with Gasteiger partial charge in [-0.05, 0) is 49.9 Å². The Labute approximate surface area is 101 Å². The standard InChI is InChI=1S/C13H18N2O2/c1-2-17-12-7-5-11(6-8-12)15-13(16)14-9-10-3-4-10/h5-8,10H,2-4,9H2,1H3,(H2,14,15,16). The van der Waals surface area contributed by atoms with Crippen LogP contribution in [-0.2, 0) is 0 Å². The summed E-state index contributed by atoms with van der Waals surface area (Å²) in [7, 11) is 0. The van der Waals surface area contributed by atoms with Crippen molar-refractivity contribution in [3.63, 3.8) is 0 Å². The summed E-state index contributed by atoms with van der Waals surface area (Å²) >= 11 is 0. The van der Waals surface area contributed by atoms with E-state index in [1.807, 2.05) is 31.2 Å². The second-order valence-corrected chi connectivity index (χ2v) is 4.24. The highest BCUT2D eigenvalue weighted by Crippen LogP contribution is 2.27. The lowest BCUT2D eigenvalue weighted by atomic mass is 10.3. The first-order chi connectivity index (χ1) is 8.28. The van der Waals surface area contributed by atoms with E-state index in [2.05, 4.69) is 10.6 Å². The van der Waals surface area contributed by atoms with Gasteiger partial charge < -0.3 is 15.4 Å². The van der Waals surface area contributed by atoms with Crippen molar-refractivity contribution < 1.29 is 9.53 Å². The first-order valence-electron chi connectivity index (χ1n) is 6.05. The summed E-state index contributed by atoms with van der Waals surface area (Å²) in [5.41, 5.74) is 0.779.